The molecule has 4 nitrogen and oxygen atoms in total. The summed E-state index contributed by atoms with van der Waals surface area (Å²) in [5.74, 6) is 1.77. The molecule has 0 amide bonds. The van der Waals surface area contributed by atoms with Crippen molar-refractivity contribution in [2.45, 2.75) is 12.5 Å². The van der Waals surface area contributed by atoms with Crippen LogP contribution in [0.25, 0.3) is 0 Å². The summed E-state index contributed by atoms with van der Waals surface area (Å²) in [6.45, 7) is 1.32. The van der Waals surface area contributed by atoms with Crippen molar-refractivity contribution >= 4 is 0 Å². The Morgan fingerprint density at radius 1 is 1.40 bits per heavy atom. The summed E-state index contributed by atoms with van der Waals surface area (Å²) in [7, 11) is 1.95. The molecule has 1 N–H and O–H groups in total. The summed E-state index contributed by atoms with van der Waals surface area (Å²) >= 11 is 0. The number of pyridine rings is 1. The van der Waals surface area contributed by atoms with Crippen LogP contribution in [0.4, 0.5) is 0 Å². The SMILES string of the molecule is CNC1COc2cc(OCCc3cccnc3)ccc21. The van der Waals surface area contributed by atoms with E-state index in [0.717, 1.165) is 17.9 Å². The van der Waals surface area contributed by atoms with Crippen molar-refractivity contribution in [1.82, 2.24) is 10.3 Å². The Kier molecular flexibility index (Phi) is 3.83. The van der Waals surface area contributed by atoms with Crippen LogP contribution in [0.3, 0.4) is 0 Å². The third-order valence-electron chi connectivity index (χ3n) is 3.50. The molecule has 0 aliphatic carbocycles. The first-order valence-corrected chi connectivity index (χ1v) is 6.82. The Hall–Kier alpha value is -2.07. The minimum absolute atomic E-state index is 0.287. The summed E-state index contributed by atoms with van der Waals surface area (Å²) in [6.07, 6.45) is 4.50. The van der Waals surface area contributed by atoms with E-state index in [0.29, 0.717) is 13.2 Å². The molecule has 0 fully saturated rings. The van der Waals surface area contributed by atoms with Crippen LogP contribution in [0.5, 0.6) is 11.5 Å². The third kappa shape index (κ3) is 2.75. The lowest BCUT2D eigenvalue weighted by atomic mass is 10.1. The number of fused-ring (bicyclic) bond motifs is 1. The average Bonchev–Trinajstić information content (AvgIpc) is 2.90. The number of ether oxygens (including phenoxy) is 2. The highest BCUT2D eigenvalue weighted by molar-refractivity contribution is 5.45. The molecule has 0 saturated carbocycles. The lowest BCUT2D eigenvalue weighted by Crippen LogP contribution is -2.17. The number of hydrogen-bond acceptors (Lipinski definition) is 4. The minimum Gasteiger partial charge on any atom is -0.493 e. The fourth-order valence-corrected chi connectivity index (χ4v) is 2.35. The van der Waals surface area contributed by atoms with Crippen molar-refractivity contribution in [1.29, 1.82) is 0 Å². The van der Waals surface area contributed by atoms with Gasteiger partial charge in [0.25, 0.3) is 0 Å². The molecule has 0 bridgehead atoms. The summed E-state index contributed by atoms with van der Waals surface area (Å²) in [4.78, 5) is 4.09. The Labute approximate surface area is 118 Å². The zero-order chi connectivity index (χ0) is 13.8. The van der Waals surface area contributed by atoms with E-state index in [1.165, 1.54) is 11.1 Å². The molecular formula is C16H18N2O2. The fraction of sp³-hybridized carbons (Fsp3) is 0.312. The summed E-state index contributed by atoms with van der Waals surface area (Å²) < 4.78 is 11.4. The lowest BCUT2D eigenvalue weighted by Gasteiger charge is -2.09. The van der Waals surface area contributed by atoms with E-state index < -0.39 is 0 Å². The lowest BCUT2D eigenvalue weighted by molar-refractivity contribution is 0.308. The monoisotopic (exact) mass is 270 g/mol. The Morgan fingerprint density at radius 2 is 2.35 bits per heavy atom. The van der Waals surface area contributed by atoms with Gasteiger partial charge in [-0.15, -0.1) is 0 Å². The number of rotatable bonds is 5. The molecule has 1 aromatic carbocycles. The zero-order valence-electron chi connectivity index (χ0n) is 11.5. The largest absolute Gasteiger partial charge is 0.493 e. The van der Waals surface area contributed by atoms with Gasteiger partial charge in [0.05, 0.1) is 12.6 Å². The van der Waals surface area contributed by atoms with Crippen molar-refractivity contribution in [2.24, 2.45) is 0 Å². The molecule has 0 radical (unpaired) electrons. The van der Waals surface area contributed by atoms with Crippen LogP contribution in [-0.2, 0) is 6.42 Å². The molecule has 1 unspecified atom stereocenters. The highest BCUT2D eigenvalue weighted by atomic mass is 16.5. The highest BCUT2D eigenvalue weighted by Crippen LogP contribution is 2.34. The van der Waals surface area contributed by atoms with Gasteiger partial charge in [-0.3, -0.25) is 4.98 Å². The molecule has 104 valence electrons. The molecule has 0 saturated heterocycles. The van der Waals surface area contributed by atoms with Crippen molar-refractivity contribution in [3.8, 4) is 11.5 Å². The molecule has 2 aromatic rings. The molecule has 2 heterocycles. The van der Waals surface area contributed by atoms with Crippen molar-refractivity contribution < 1.29 is 9.47 Å². The molecule has 3 rings (SSSR count). The predicted octanol–water partition coefficient (Wildman–Crippen LogP) is 2.36. The van der Waals surface area contributed by atoms with Gasteiger partial charge < -0.3 is 14.8 Å². The van der Waals surface area contributed by atoms with E-state index in [-0.39, 0.29) is 6.04 Å². The molecule has 4 heteroatoms. The van der Waals surface area contributed by atoms with Crippen LogP contribution >= 0.6 is 0 Å². The van der Waals surface area contributed by atoms with Gasteiger partial charge in [-0.2, -0.15) is 0 Å². The first kappa shape index (κ1) is 12.9. The second kappa shape index (κ2) is 5.92. The molecule has 1 atom stereocenters. The maximum Gasteiger partial charge on any atom is 0.127 e. The van der Waals surface area contributed by atoms with Crippen LogP contribution in [-0.4, -0.2) is 25.2 Å². The average molecular weight is 270 g/mol. The van der Waals surface area contributed by atoms with Crippen molar-refractivity contribution in [3.63, 3.8) is 0 Å². The van der Waals surface area contributed by atoms with Gasteiger partial charge >= 0.3 is 0 Å². The van der Waals surface area contributed by atoms with Gasteiger partial charge in [0, 0.05) is 30.4 Å². The first-order chi connectivity index (χ1) is 9.86. The van der Waals surface area contributed by atoms with Crippen molar-refractivity contribution in [2.75, 3.05) is 20.3 Å². The van der Waals surface area contributed by atoms with E-state index in [4.69, 9.17) is 9.47 Å². The summed E-state index contributed by atoms with van der Waals surface area (Å²) in [5, 5.41) is 3.23. The predicted molar refractivity (Wildman–Crippen MR) is 77.2 cm³/mol. The standard InChI is InChI=1S/C16H18N2O2/c1-17-15-11-20-16-9-13(4-5-14(15)16)19-8-6-12-3-2-7-18-10-12/h2-5,7,9-10,15,17H,6,8,11H2,1H3. The molecular weight excluding hydrogens is 252 g/mol. The van der Waals surface area contributed by atoms with E-state index in [1.807, 2.05) is 31.4 Å². The van der Waals surface area contributed by atoms with Crippen molar-refractivity contribution in [3.05, 3.63) is 53.9 Å². The number of nitrogens with one attached hydrogen (secondary N) is 1. The third-order valence-corrected chi connectivity index (χ3v) is 3.50. The van der Waals surface area contributed by atoms with Gasteiger partial charge in [-0.1, -0.05) is 6.07 Å². The Balaban J connectivity index is 1.59. The van der Waals surface area contributed by atoms with Gasteiger partial charge in [-0.05, 0) is 30.8 Å². The van der Waals surface area contributed by atoms with Gasteiger partial charge in [-0.25, -0.2) is 0 Å². The van der Waals surface area contributed by atoms with E-state index in [2.05, 4.69) is 22.4 Å². The first-order valence-electron chi connectivity index (χ1n) is 6.82. The van der Waals surface area contributed by atoms with Gasteiger partial charge in [0.1, 0.15) is 18.1 Å². The number of benzene rings is 1. The van der Waals surface area contributed by atoms with E-state index >= 15 is 0 Å². The normalized spacial score (nSPS) is 16.6. The van der Waals surface area contributed by atoms with Crippen LogP contribution in [0.15, 0.2) is 42.7 Å². The number of likely N-dealkylation sites (N-methyl/N-ethyl adjacent to an activating group) is 1. The maximum atomic E-state index is 5.78. The molecule has 1 aromatic heterocycles. The number of nitrogens with zero attached hydrogens (tertiary/aromatic N) is 1. The van der Waals surface area contributed by atoms with Gasteiger partial charge in [0.15, 0.2) is 0 Å². The van der Waals surface area contributed by atoms with Crippen LogP contribution < -0.4 is 14.8 Å². The molecule has 0 spiro atoms. The van der Waals surface area contributed by atoms with E-state index in [1.54, 1.807) is 6.20 Å². The Bertz CT molecular complexity index is 572. The van der Waals surface area contributed by atoms with E-state index in [9.17, 15) is 0 Å². The second-order valence-electron chi connectivity index (χ2n) is 4.81. The quantitative estimate of drug-likeness (QED) is 0.905. The van der Waals surface area contributed by atoms with Crippen LogP contribution in [0, 0.1) is 0 Å². The number of hydrogen-bond donors (Lipinski definition) is 1. The molecule has 1 aliphatic rings. The minimum atomic E-state index is 0.287. The maximum absolute atomic E-state index is 5.78. The zero-order valence-corrected chi connectivity index (χ0v) is 11.5. The Morgan fingerprint density at radius 3 is 3.15 bits per heavy atom. The van der Waals surface area contributed by atoms with Crippen LogP contribution in [0.1, 0.15) is 17.2 Å². The van der Waals surface area contributed by atoms with Crippen LogP contribution in [0.2, 0.25) is 0 Å². The number of aromatic nitrogens is 1. The summed E-state index contributed by atoms with van der Waals surface area (Å²) in [6, 6.07) is 10.3. The second-order valence-corrected chi connectivity index (χ2v) is 4.81. The topological polar surface area (TPSA) is 43.4 Å². The van der Waals surface area contributed by atoms with Gasteiger partial charge in [0.2, 0.25) is 0 Å². The molecule has 20 heavy (non-hydrogen) atoms. The summed E-state index contributed by atoms with van der Waals surface area (Å²) in [5.41, 5.74) is 2.38. The fourth-order valence-electron chi connectivity index (χ4n) is 2.35. The molecule has 1 aliphatic heterocycles. The highest BCUT2D eigenvalue weighted by Gasteiger charge is 2.22. The smallest absolute Gasteiger partial charge is 0.127 e.